The van der Waals surface area contributed by atoms with Crippen molar-refractivity contribution in [3.63, 3.8) is 0 Å². The van der Waals surface area contributed by atoms with Gasteiger partial charge in [-0.25, -0.2) is 4.98 Å². The van der Waals surface area contributed by atoms with E-state index < -0.39 is 0 Å². The molecule has 70 valence electrons. The summed E-state index contributed by atoms with van der Waals surface area (Å²) in [6.45, 7) is 0. The molecule has 0 unspecified atom stereocenters. The van der Waals surface area contributed by atoms with Crippen molar-refractivity contribution in [1.82, 2.24) is 4.98 Å². The lowest BCUT2D eigenvalue weighted by atomic mass is 10.3. The number of isothiocyanates is 1. The first-order valence-electron chi connectivity index (χ1n) is 3.86. The largest absolute Gasteiger partial charge is 0.431 e. The van der Waals surface area contributed by atoms with Crippen LogP contribution in [0.5, 0.6) is 0 Å². The van der Waals surface area contributed by atoms with Crippen LogP contribution in [0.4, 0.5) is 5.69 Å². The smallest absolute Gasteiger partial charge is 0.256 e. The monoisotopic (exact) mass is 222 g/mol. The molecule has 1 aromatic heterocycles. The van der Waals surface area contributed by atoms with Gasteiger partial charge in [0.15, 0.2) is 5.58 Å². The van der Waals surface area contributed by atoms with Crippen molar-refractivity contribution >= 4 is 45.9 Å². The molecule has 14 heavy (non-hydrogen) atoms. The molecule has 0 atom stereocenters. The Hall–Kier alpha value is -1.16. The summed E-state index contributed by atoms with van der Waals surface area (Å²) in [6.07, 6.45) is 1.92. The van der Waals surface area contributed by atoms with Crippen LogP contribution in [0, 0.1) is 0 Å². The molecular formula is C9H6N2OS2. The molecule has 0 amide bonds. The maximum atomic E-state index is 5.41. The molecule has 1 heterocycles. The molecule has 2 rings (SSSR count). The van der Waals surface area contributed by atoms with Crippen LogP contribution in [-0.4, -0.2) is 16.4 Å². The van der Waals surface area contributed by atoms with Gasteiger partial charge in [0.25, 0.3) is 5.22 Å². The summed E-state index contributed by atoms with van der Waals surface area (Å²) >= 11 is 5.99. The highest BCUT2D eigenvalue weighted by molar-refractivity contribution is 7.98. The maximum Gasteiger partial charge on any atom is 0.256 e. The predicted octanol–water partition coefficient (Wildman–Crippen LogP) is 3.28. The number of hydrogen-bond donors (Lipinski definition) is 0. The van der Waals surface area contributed by atoms with Gasteiger partial charge in [0.1, 0.15) is 5.52 Å². The van der Waals surface area contributed by atoms with E-state index in [-0.39, 0.29) is 0 Å². The fourth-order valence-electron chi connectivity index (χ4n) is 1.10. The number of fused-ring (bicyclic) bond motifs is 1. The Morgan fingerprint density at radius 2 is 2.43 bits per heavy atom. The molecule has 0 N–H and O–H groups in total. The van der Waals surface area contributed by atoms with Gasteiger partial charge in [-0.3, -0.25) is 0 Å². The van der Waals surface area contributed by atoms with E-state index in [1.54, 1.807) is 0 Å². The lowest BCUT2D eigenvalue weighted by Crippen LogP contribution is -1.68. The second-order valence-corrected chi connectivity index (χ2v) is 3.48. The summed E-state index contributed by atoms with van der Waals surface area (Å²) in [5, 5.41) is 2.97. The van der Waals surface area contributed by atoms with Crippen molar-refractivity contribution in [2.45, 2.75) is 5.22 Å². The van der Waals surface area contributed by atoms with Gasteiger partial charge in [-0.15, -0.1) is 0 Å². The Morgan fingerprint density at radius 3 is 3.14 bits per heavy atom. The van der Waals surface area contributed by atoms with Gasteiger partial charge in [-0.1, -0.05) is 11.8 Å². The molecular weight excluding hydrogens is 216 g/mol. The van der Waals surface area contributed by atoms with E-state index >= 15 is 0 Å². The standard InChI is InChI=1S/C9H6N2OS2/c1-14-9-11-7-4-6(10-5-13)2-3-8(7)12-9/h2-4H,1H3. The third-order valence-corrected chi connectivity index (χ3v) is 2.32. The van der Waals surface area contributed by atoms with Gasteiger partial charge in [-0.05, 0) is 36.7 Å². The predicted molar refractivity (Wildman–Crippen MR) is 60.5 cm³/mol. The number of thiocarbonyl (C=S) groups is 1. The Bertz CT molecular complexity index is 515. The number of rotatable bonds is 2. The highest BCUT2D eigenvalue weighted by Gasteiger charge is 2.04. The van der Waals surface area contributed by atoms with Crippen molar-refractivity contribution in [2.75, 3.05) is 6.26 Å². The van der Waals surface area contributed by atoms with E-state index in [0.29, 0.717) is 5.22 Å². The summed E-state index contributed by atoms with van der Waals surface area (Å²) < 4.78 is 5.41. The van der Waals surface area contributed by atoms with E-state index in [0.717, 1.165) is 16.8 Å². The molecule has 0 aliphatic rings. The Morgan fingerprint density at radius 1 is 1.57 bits per heavy atom. The third-order valence-electron chi connectivity index (χ3n) is 1.70. The quantitative estimate of drug-likeness (QED) is 0.444. The average molecular weight is 222 g/mol. The maximum absolute atomic E-state index is 5.41. The van der Waals surface area contributed by atoms with E-state index in [2.05, 4.69) is 27.4 Å². The number of oxazole rings is 1. The SMILES string of the molecule is CSc1nc2cc(N=C=S)ccc2o1. The first-order valence-corrected chi connectivity index (χ1v) is 5.49. The number of nitrogens with zero attached hydrogens (tertiary/aromatic N) is 2. The van der Waals surface area contributed by atoms with Crippen molar-refractivity contribution in [3.05, 3.63) is 18.2 Å². The molecule has 0 bridgehead atoms. The van der Waals surface area contributed by atoms with Crippen molar-refractivity contribution in [2.24, 2.45) is 4.99 Å². The van der Waals surface area contributed by atoms with Gasteiger partial charge < -0.3 is 4.42 Å². The van der Waals surface area contributed by atoms with Crippen LogP contribution in [0.25, 0.3) is 11.1 Å². The molecule has 0 saturated heterocycles. The second kappa shape index (κ2) is 3.92. The normalized spacial score (nSPS) is 10.1. The lowest BCUT2D eigenvalue weighted by molar-refractivity contribution is 0.490. The van der Waals surface area contributed by atoms with Gasteiger partial charge >= 0.3 is 0 Å². The van der Waals surface area contributed by atoms with Crippen LogP contribution in [0.3, 0.4) is 0 Å². The number of hydrogen-bond acceptors (Lipinski definition) is 5. The van der Waals surface area contributed by atoms with Crippen LogP contribution in [0.15, 0.2) is 32.8 Å². The molecule has 0 fully saturated rings. The van der Waals surface area contributed by atoms with Crippen LogP contribution in [0.1, 0.15) is 0 Å². The van der Waals surface area contributed by atoms with Crippen molar-refractivity contribution in [3.8, 4) is 0 Å². The van der Waals surface area contributed by atoms with Gasteiger partial charge in [0.2, 0.25) is 0 Å². The fourth-order valence-corrected chi connectivity index (χ4v) is 1.57. The minimum Gasteiger partial charge on any atom is -0.431 e. The number of benzene rings is 1. The molecule has 3 nitrogen and oxygen atoms in total. The Balaban J connectivity index is 2.59. The van der Waals surface area contributed by atoms with E-state index in [1.165, 1.54) is 11.8 Å². The number of aliphatic imine (C=N–C) groups is 1. The third kappa shape index (κ3) is 1.70. The zero-order valence-electron chi connectivity index (χ0n) is 7.35. The summed E-state index contributed by atoms with van der Waals surface area (Å²) in [4.78, 5) is 8.12. The number of aromatic nitrogens is 1. The van der Waals surface area contributed by atoms with Crippen LogP contribution < -0.4 is 0 Å². The zero-order valence-corrected chi connectivity index (χ0v) is 8.98. The molecule has 0 spiro atoms. The van der Waals surface area contributed by atoms with Crippen LogP contribution >= 0.6 is 24.0 Å². The van der Waals surface area contributed by atoms with Gasteiger partial charge in [0, 0.05) is 0 Å². The fraction of sp³-hybridized carbons (Fsp3) is 0.111. The zero-order chi connectivity index (χ0) is 9.97. The van der Waals surface area contributed by atoms with E-state index in [9.17, 15) is 0 Å². The molecule has 0 aliphatic heterocycles. The van der Waals surface area contributed by atoms with Crippen molar-refractivity contribution < 1.29 is 4.42 Å². The number of thioether (sulfide) groups is 1. The lowest BCUT2D eigenvalue weighted by Gasteiger charge is -1.88. The minimum absolute atomic E-state index is 0.656. The highest BCUT2D eigenvalue weighted by Crippen LogP contribution is 2.24. The molecule has 0 aliphatic carbocycles. The summed E-state index contributed by atoms with van der Waals surface area (Å²) in [6, 6.07) is 5.46. The Kier molecular flexibility index (Phi) is 2.63. The molecule has 1 aromatic carbocycles. The second-order valence-electron chi connectivity index (χ2n) is 2.54. The first-order chi connectivity index (χ1) is 6.83. The summed E-state index contributed by atoms with van der Waals surface area (Å²) in [5.41, 5.74) is 2.30. The van der Waals surface area contributed by atoms with Crippen LogP contribution in [0.2, 0.25) is 0 Å². The van der Waals surface area contributed by atoms with Crippen molar-refractivity contribution in [1.29, 1.82) is 0 Å². The van der Waals surface area contributed by atoms with Gasteiger partial charge in [0.05, 0.1) is 10.8 Å². The van der Waals surface area contributed by atoms with E-state index in [1.807, 2.05) is 24.5 Å². The first kappa shape index (κ1) is 9.40. The molecule has 2 aromatic rings. The molecule has 0 radical (unpaired) electrons. The molecule has 5 heteroatoms. The van der Waals surface area contributed by atoms with E-state index in [4.69, 9.17) is 4.42 Å². The van der Waals surface area contributed by atoms with Gasteiger partial charge in [-0.2, -0.15) is 4.99 Å². The Labute approximate surface area is 90.2 Å². The topological polar surface area (TPSA) is 38.4 Å². The van der Waals surface area contributed by atoms with Crippen LogP contribution in [-0.2, 0) is 0 Å². The molecule has 0 saturated carbocycles. The minimum atomic E-state index is 0.656. The highest BCUT2D eigenvalue weighted by atomic mass is 32.2. The summed E-state index contributed by atoms with van der Waals surface area (Å²) in [5.74, 6) is 0. The average Bonchev–Trinajstić information content (AvgIpc) is 2.60. The summed E-state index contributed by atoms with van der Waals surface area (Å²) in [7, 11) is 0.